The SMILES string of the molecule is COC(=O)[C@@H]1Cc2ccccc2[C@@H]1C(C)C. The van der Waals surface area contributed by atoms with E-state index >= 15 is 0 Å². The molecule has 0 amide bonds. The quantitative estimate of drug-likeness (QED) is 0.713. The molecule has 1 aliphatic carbocycles. The van der Waals surface area contributed by atoms with Crippen molar-refractivity contribution in [2.45, 2.75) is 26.2 Å². The van der Waals surface area contributed by atoms with Crippen molar-refractivity contribution in [1.82, 2.24) is 0 Å². The van der Waals surface area contributed by atoms with Crippen LogP contribution < -0.4 is 0 Å². The number of methoxy groups -OCH3 is 1. The van der Waals surface area contributed by atoms with Crippen molar-refractivity contribution < 1.29 is 9.53 Å². The Morgan fingerprint density at radius 1 is 1.38 bits per heavy atom. The third-order valence-corrected chi connectivity index (χ3v) is 3.51. The lowest BCUT2D eigenvalue weighted by Gasteiger charge is -2.22. The van der Waals surface area contributed by atoms with Crippen molar-refractivity contribution in [3.05, 3.63) is 35.4 Å². The molecule has 0 heterocycles. The van der Waals surface area contributed by atoms with Gasteiger partial charge in [0.25, 0.3) is 0 Å². The summed E-state index contributed by atoms with van der Waals surface area (Å²) < 4.78 is 4.91. The summed E-state index contributed by atoms with van der Waals surface area (Å²) in [5, 5.41) is 0. The largest absolute Gasteiger partial charge is 0.469 e. The number of fused-ring (bicyclic) bond motifs is 1. The number of carbonyl (C=O) groups is 1. The summed E-state index contributed by atoms with van der Waals surface area (Å²) in [6.07, 6.45) is 0.825. The molecule has 0 aliphatic heterocycles. The molecule has 0 saturated carbocycles. The number of carbonyl (C=O) groups excluding carboxylic acids is 1. The fourth-order valence-electron chi connectivity index (χ4n) is 2.83. The normalized spacial score (nSPS) is 23.2. The van der Waals surface area contributed by atoms with Crippen LogP contribution >= 0.6 is 0 Å². The maximum Gasteiger partial charge on any atom is 0.309 e. The lowest BCUT2D eigenvalue weighted by Crippen LogP contribution is -2.23. The monoisotopic (exact) mass is 218 g/mol. The van der Waals surface area contributed by atoms with Crippen molar-refractivity contribution in [3.63, 3.8) is 0 Å². The van der Waals surface area contributed by atoms with Crippen molar-refractivity contribution in [3.8, 4) is 0 Å². The van der Waals surface area contributed by atoms with Gasteiger partial charge in [0.1, 0.15) is 0 Å². The van der Waals surface area contributed by atoms with E-state index in [1.807, 2.05) is 12.1 Å². The lowest BCUT2D eigenvalue weighted by atomic mass is 9.83. The van der Waals surface area contributed by atoms with Gasteiger partial charge in [-0.05, 0) is 23.5 Å². The summed E-state index contributed by atoms with van der Waals surface area (Å²) in [4.78, 5) is 11.8. The van der Waals surface area contributed by atoms with Gasteiger partial charge in [-0.2, -0.15) is 0 Å². The van der Waals surface area contributed by atoms with E-state index < -0.39 is 0 Å². The van der Waals surface area contributed by atoms with Gasteiger partial charge in [0.15, 0.2) is 0 Å². The van der Waals surface area contributed by atoms with Gasteiger partial charge in [-0.25, -0.2) is 0 Å². The minimum absolute atomic E-state index is 0.00222. The molecule has 0 spiro atoms. The van der Waals surface area contributed by atoms with Gasteiger partial charge < -0.3 is 4.74 Å². The van der Waals surface area contributed by atoms with Crippen LogP contribution in [0, 0.1) is 11.8 Å². The number of hydrogen-bond acceptors (Lipinski definition) is 2. The van der Waals surface area contributed by atoms with E-state index in [4.69, 9.17) is 4.74 Å². The zero-order valence-corrected chi connectivity index (χ0v) is 10.1. The van der Waals surface area contributed by atoms with Crippen molar-refractivity contribution in [1.29, 1.82) is 0 Å². The predicted molar refractivity (Wildman–Crippen MR) is 63.2 cm³/mol. The zero-order valence-electron chi connectivity index (χ0n) is 10.1. The van der Waals surface area contributed by atoms with Gasteiger partial charge in [0.2, 0.25) is 0 Å². The Hall–Kier alpha value is -1.31. The first-order valence-electron chi connectivity index (χ1n) is 5.80. The van der Waals surface area contributed by atoms with E-state index in [0.717, 1.165) is 6.42 Å². The summed E-state index contributed by atoms with van der Waals surface area (Å²) in [5.74, 6) is 0.702. The highest BCUT2D eigenvalue weighted by Crippen LogP contribution is 2.42. The molecule has 0 unspecified atom stereocenters. The van der Waals surface area contributed by atoms with E-state index in [0.29, 0.717) is 11.8 Å². The number of ether oxygens (including phenoxy) is 1. The Labute approximate surface area is 96.6 Å². The van der Waals surface area contributed by atoms with Gasteiger partial charge in [-0.15, -0.1) is 0 Å². The molecule has 1 aliphatic rings. The molecule has 1 aromatic carbocycles. The lowest BCUT2D eigenvalue weighted by molar-refractivity contribution is -0.146. The van der Waals surface area contributed by atoms with E-state index in [1.54, 1.807) is 0 Å². The molecule has 1 aromatic rings. The van der Waals surface area contributed by atoms with Crippen LogP contribution in [0.2, 0.25) is 0 Å². The van der Waals surface area contributed by atoms with Crippen LogP contribution in [0.1, 0.15) is 30.9 Å². The summed E-state index contributed by atoms with van der Waals surface area (Å²) in [6.45, 7) is 4.34. The Morgan fingerprint density at radius 3 is 2.69 bits per heavy atom. The fraction of sp³-hybridized carbons (Fsp3) is 0.500. The molecule has 0 radical (unpaired) electrons. The molecule has 0 aromatic heterocycles. The molecule has 16 heavy (non-hydrogen) atoms. The summed E-state index contributed by atoms with van der Waals surface area (Å²) in [6, 6.07) is 8.35. The Bertz CT molecular complexity index is 395. The number of esters is 1. The number of benzene rings is 1. The average Bonchev–Trinajstić information content (AvgIpc) is 2.67. The third-order valence-electron chi connectivity index (χ3n) is 3.51. The van der Waals surface area contributed by atoms with Crippen LogP contribution in [0.4, 0.5) is 0 Å². The highest BCUT2D eigenvalue weighted by molar-refractivity contribution is 5.75. The van der Waals surface area contributed by atoms with E-state index in [9.17, 15) is 4.79 Å². The van der Waals surface area contributed by atoms with E-state index in [2.05, 4.69) is 26.0 Å². The van der Waals surface area contributed by atoms with Crippen molar-refractivity contribution in [2.24, 2.45) is 11.8 Å². The maximum atomic E-state index is 11.8. The van der Waals surface area contributed by atoms with Gasteiger partial charge in [0.05, 0.1) is 13.0 Å². The van der Waals surface area contributed by atoms with Crippen LogP contribution in [-0.2, 0) is 16.0 Å². The van der Waals surface area contributed by atoms with Crippen LogP contribution in [0.3, 0.4) is 0 Å². The Kier molecular flexibility index (Phi) is 2.99. The minimum Gasteiger partial charge on any atom is -0.469 e. The molecule has 0 fully saturated rings. The highest BCUT2D eigenvalue weighted by Gasteiger charge is 2.39. The predicted octanol–water partition coefficient (Wildman–Crippen LogP) is 2.77. The average molecular weight is 218 g/mol. The first kappa shape index (κ1) is 11.2. The highest BCUT2D eigenvalue weighted by atomic mass is 16.5. The van der Waals surface area contributed by atoms with Crippen LogP contribution in [0.5, 0.6) is 0 Å². The summed E-state index contributed by atoms with van der Waals surface area (Å²) >= 11 is 0. The van der Waals surface area contributed by atoms with Gasteiger partial charge >= 0.3 is 5.97 Å². The Morgan fingerprint density at radius 2 is 2.06 bits per heavy atom. The first-order valence-corrected chi connectivity index (χ1v) is 5.80. The molecule has 0 saturated heterocycles. The van der Waals surface area contributed by atoms with Crippen molar-refractivity contribution in [2.75, 3.05) is 7.11 Å². The minimum atomic E-state index is -0.0742. The smallest absolute Gasteiger partial charge is 0.309 e. The first-order chi connectivity index (χ1) is 7.65. The third kappa shape index (κ3) is 1.73. The van der Waals surface area contributed by atoms with Crippen LogP contribution in [0.25, 0.3) is 0 Å². The second-order valence-corrected chi connectivity index (χ2v) is 4.80. The van der Waals surface area contributed by atoms with E-state index in [1.165, 1.54) is 18.2 Å². The van der Waals surface area contributed by atoms with Gasteiger partial charge in [-0.3, -0.25) is 4.79 Å². The molecule has 2 heteroatoms. The zero-order chi connectivity index (χ0) is 11.7. The second-order valence-electron chi connectivity index (χ2n) is 4.80. The summed E-state index contributed by atoms with van der Waals surface area (Å²) in [5.41, 5.74) is 2.63. The van der Waals surface area contributed by atoms with Crippen LogP contribution in [-0.4, -0.2) is 13.1 Å². The maximum absolute atomic E-state index is 11.8. The molecule has 2 nitrogen and oxygen atoms in total. The fourth-order valence-corrected chi connectivity index (χ4v) is 2.83. The molecular formula is C14H18O2. The molecule has 2 rings (SSSR count). The van der Waals surface area contributed by atoms with Gasteiger partial charge in [0, 0.05) is 5.92 Å². The molecular weight excluding hydrogens is 200 g/mol. The van der Waals surface area contributed by atoms with Gasteiger partial charge in [-0.1, -0.05) is 38.1 Å². The van der Waals surface area contributed by atoms with Crippen molar-refractivity contribution >= 4 is 5.97 Å². The number of hydrogen-bond donors (Lipinski definition) is 0. The second kappa shape index (κ2) is 4.28. The molecule has 86 valence electrons. The number of rotatable bonds is 2. The standard InChI is InChI=1S/C14H18O2/c1-9(2)13-11-7-5-4-6-10(11)8-12(13)14(15)16-3/h4-7,9,12-13H,8H2,1-3H3/t12-,13+/m1/s1. The topological polar surface area (TPSA) is 26.3 Å². The van der Waals surface area contributed by atoms with E-state index in [-0.39, 0.29) is 11.9 Å². The Balaban J connectivity index is 2.37. The van der Waals surface area contributed by atoms with Crippen LogP contribution in [0.15, 0.2) is 24.3 Å². The molecule has 0 N–H and O–H groups in total. The molecule has 0 bridgehead atoms. The summed E-state index contributed by atoms with van der Waals surface area (Å²) in [7, 11) is 1.47. The molecule has 2 atom stereocenters.